The fourth-order valence-electron chi connectivity index (χ4n) is 4.12. The minimum absolute atomic E-state index is 0.0892. The number of rotatable bonds is 4. The maximum Gasteiger partial charge on any atom is 0.216 e. The minimum atomic E-state index is -0.686. The molecule has 164 valence electrons. The highest BCUT2D eigenvalue weighted by Crippen LogP contribution is 2.47. The molecule has 1 saturated carbocycles. The summed E-state index contributed by atoms with van der Waals surface area (Å²) >= 11 is 7.56. The zero-order valence-electron chi connectivity index (χ0n) is 17.3. The van der Waals surface area contributed by atoms with Crippen LogP contribution >= 0.6 is 23.4 Å². The van der Waals surface area contributed by atoms with Crippen molar-refractivity contribution in [3.05, 3.63) is 28.0 Å². The number of hydrogen-bond donors (Lipinski definition) is 2. The summed E-state index contributed by atoms with van der Waals surface area (Å²) < 4.78 is 13.7. The predicted molar refractivity (Wildman–Crippen MR) is 120 cm³/mol. The average Bonchev–Trinajstić information content (AvgIpc) is 3.09. The average molecular weight is 455 g/mol. The zero-order chi connectivity index (χ0) is 21.9. The van der Waals surface area contributed by atoms with Crippen molar-refractivity contribution < 1.29 is 9.18 Å². The Labute approximate surface area is 185 Å². The van der Waals surface area contributed by atoms with Crippen LogP contribution in [-0.4, -0.2) is 53.5 Å². The Morgan fingerprint density at radius 1 is 1.47 bits per heavy atom. The Morgan fingerprint density at radius 3 is 2.77 bits per heavy atom. The molecule has 2 heterocycles. The number of halogens is 2. The van der Waals surface area contributed by atoms with Crippen molar-refractivity contribution in [2.24, 2.45) is 16.1 Å². The van der Waals surface area contributed by atoms with Gasteiger partial charge in [0.25, 0.3) is 0 Å². The Morgan fingerprint density at radius 2 is 2.17 bits per heavy atom. The molecule has 1 aromatic heterocycles. The van der Waals surface area contributed by atoms with Crippen LogP contribution in [0.4, 0.5) is 10.2 Å². The third-order valence-electron chi connectivity index (χ3n) is 5.95. The van der Waals surface area contributed by atoms with E-state index in [4.69, 9.17) is 23.1 Å². The van der Waals surface area contributed by atoms with Gasteiger partial charge in [-0.15, -0.1) is 0 Å². The second kappa shape index (κ2) is 9.43. The number of nitrogen functional groups attached to an aromatic ring is 1. The Kier molecular flexibility index (Phi) is 7.13. The molecule has 1 spiro atoms. The molecule has 1 aliphatic carbocycles. The van der Waals surface area contributed by atoms with Gasteiger partial charge < -0.3 is 16.4 Å². The highest BCUT2D eigenvalue weighted by atomic mass is 35.5. The van der Waals surface area contributed by atoms with Gasteiger partial charge in [0.15, 0.2) is 0 Å². The van der Waals surface area contributed by atoms with Crippen LogP contribution in [0, 0.1) is 5.41 Å². The molecule has 1 aromatic rings. The number of likely N-dealkylation sites (tertiary alicyclic amines) is 1. The predicted octanol–water partition coefficient (Wildman–Crippen LogP) is 3.61. The van der Waals surface area contributed by atoms with Crippen LogP contribution < -0.4 is 11.5 Å². The summed E-state index contributed by atoms with van der Waals surface area (Å²) in [6.07, 6.45) is 5.63. The molecule has 2 fully saturated rings. The number of thioether (sulfide) groups is 1. The lowest BCUT2D eigenvalue weighted by Gasteiger charge is -2.41. The van der Waals surface area contributed by atoms with Gasteiger partial charge in [0.05, 0.1) is 5.02 Å². The van der Waals surface area contributed by atoms with E-state index in [2.05, 4.69) is 9.98 Å². The van der Waals surface area contributed by atoms with E-state index < -0.39 is 6.17 Å². The Hall–Kier alpha value is -2.00. The van der Waals surface area contributed by atoms with Crippen molar-refractivity contribution in [2.45, 2.75) is 50.1 Å². The van der Waals surface area contributed by atoms with Crippen LogP contribution in [0.25, 0.3) is 0 Å². The van der Waals surface area contributed by atoms with Crippen LogP contribution in [0.3, 0.4) is 0 Å². The monoisotopic (exact) mass is 454 g/mol. The number of pyridine rings is 1. The molecule has 1 unspecified atom stereocenters. The lowest BCUT2D eigenvalue weighted by molar-refractivity contribution is -0.114. The molecule has 0 aromatic carbocycles. The van der Waals surface area contributed by atoms with E-state index >= 15 is 0 Å². The van der Waals surface area contributed by atoms with Crippen LogP contribution in [0.2, 0.25) is 5.02 Å². The van der Waals surface area contributed by atoms with Gasteiger partial charge in [0, 0.05) is 36.1 Å². The van der Waals surface area contributed by atoms with E-state index in [1.807, 2.05) is 11.8 Å². The summed E-state index contributed by atoms with van der Waals surface area (Å²) in [5.74, 6) is 1.04. The fraction of sp³-hybridized carbons (Fsp3) is 0.550. The lowest BCUT2D eigenvalue weighted by Crippen LogP contribution is -2.48. The first-order valence-corrected chi connectivity index (χ1v) is 11.1. The molecule has 7 nitrogen and oxygen atoms in total. The van der Waals surface area contributed by atoms with Crippen molar-refractivity contribution in [2.75, 3.05) is 25.9 Å². The maximum absolute atomic E-state index is 13.7. The van der Waals surface area contributed by atoms with Gasteiger partial charge in [-0.1, -0.05) is 23.4 Å². The number of carbonyl (C=O) groups is 1. The summed E-state index contributed by atoms with van der Waals surface area (Å²) in [6, 6.07) is 1.76. The standard InChI is InChI=1S/C20H28ClFN6OS/c1-13(30-15-4-8-25-18(24)16(15)21)17(23)26-19(27(2)12-29)28-9-6-20(7-10-28)5-3-14(22)11-20/h4,8,12,14H,3,5-7,9-11,23H2,1-2H3,(H2,24,25)/b17-13+,26-19+. The molecule has 0 bridgehead atoms. The molecule has 1 amide bonds. The summed E-state index contributed by atoms with van der Waals surface area (Å²) in [7, 11) is 1.65. The lowest BCUT2D eigenvalue weighted by atomic mass is 9.77. The second-order valence-corrected chi connectivity index (χ2v) is 9.64. The number of carbonyl (C=O) groups excluding carboxylic acids is 1. The van der Waals surface area contributed by atoms with Crippen LogP contribution in [0.15, 0.2) is 32.9 Å². The minimum Gasteiger partial charge on any atom is -0.383 e. The maximum atomic E-state index is 13.7. The third kappa shape index (κ3) is 5.00. The summed E-state index contributed by atoms with van der Waals surface area (Å²) in [4.78, 5) is 24.9. The number of amides is 1. The van der Waals surface area contributed by atoms with Gasteiger partial charge >= 0.3 is 0 Å². The van der Waals surface area contributed by atoms with Crippen molar-refractivity contribution in [1.82, 2.24) is 14.8 Å². The van der Waals surface area contributed by atoms with Gasteiger partial charge in [-0.2, -0.15) is 4.99 Å². The van der Waals surface area contributed by atoms with E-state index in [0.29, 0.717) is 36.1 Å². The molecule has 10 heteroatoms. The molecule has 2 aliphatic rings. The SMILES string of the molecule is C/C(Sc1ccnc(N)c1Cl)=C(N)\N=C(/N(C)C=O)N1CCC2(CCC(F)C2)CC1. The summed E-state index contributed by atoms with van der Waals surface area (Å²) in [6.45, 7) is 3.27. The van der Waals surface area contributed by atoms with Gasteiger partial charge in [0.1, 0.15) is 17.8 Å². The first-order valence-electron chi connectivity index (χ1n) is 9.95. The molecule has 1 saturated heterocycles. The number of guanidine groups is 1. The number of nitrogens with zero attached hydrogens (tertiary/aromatic N) is 4. The molecular weight excluding hydrogens is 427 g/mol. The van der Waals surface area contributed by atoms with Crippen molar-refractivity contribution in [3.8, 4) is 0 Å². The number of alkyl halides is 1. The quantitative estimate of drug-likeness (QED) is 0.312. The van der Waals surface area contributed by atoms with Crippen molar-refractivity contribution in [3.63, 3.8) is 0 Å². The van der Waals surface area contributed by atoms with Gasteiger partial charge in [-0.05, 0) is 50.5 Å². The van der Waals surface area contributed by atoms with Crippen LogP contribution in [0.5, 0.6) is 0 Å². The van der Waals surface area contributed by atoms with E-state index in [9.17, 15) is 9.18 Å². The van der Waals surface area contributed by atoms with E-state index in [0.717, 1.165) is 42.2 Å². The number of hydrogen-bond acceptors (Lipinski definition) is 6. The highest BCUT2D eigenvalue weighted by molar-refractivity contribution is 8.03. The first-order chi connectivity index (χ1) is 14.2. The smallest absolute Gasteiger partial charge is 0.216 e. The molecule has 1 aliphatic heterocycles. The van der Waals surface area contributed by atoms with E-state index in [1.54, 1.807) is 19.3 Å². The summed E-state index contributed by atoms with van der Waals surface area (Å²) in [5, 5.41) is 0.368. The third-order valence-corrected chi connectivity index (χ3v) is 7.53. The number of aliphatic imine (C=N–C) groups is 1. The molecule has 0 radical (unpaired) electrons. The largest absolute Gasteiger partial charge is 0.383 e. The number of aromatic nitrogens is 1. The molecule has 1 atom stereocenters. The molecule has 3 rings (SSSR count). The van der Waals surface area contributed by atoms with Gasteiger partial charge in [0.2, 0.25) is 12.4 Å². The normalized spacial score (nSPS) is 22.2. The topological polar surface area (TPSA) is 101 Å². The molecule has 30 heavy (non-hydrogen) atoms. The number of anilines is 1. The Balaban J connectivity index is 1.78. The van der Waals surface area contributed by atoms with Crippen LogP contribution in [0.1, 0.15) is 39.0 Å². The van der Waals surface area contributed by atoms with E-state index in [-0.39, 0.29) is 11.2 Å². The number of piperidine rings is 1. The molecule has 4 N–H and O–H groups in total. The highest BCUT2D eigenvalue weighted by Gasteiger charge is 2.42. The van der Waals surface area contributed by atoms with Gasteiger partial charge in [-0.25, -0.2) is 9.37 Å². The summed E-state index contributed by atoms with van der Waals surface area (Å²) in [5.41, 5.74) is 12.1. The van der Waals surface area contributed by atoms with E-state index in [1.165, 1.54) is 16.7 Å². The van der Waals surface area contributed by atoms with Crippen molar-refractivity contribution in [1.29, 1.82) is 0 Å². The zero-order valence-corrected chi connectivity index (χ0v) is 18.8. The van der Waals surface area contributed by atoms with Crippen LogP contribution in [-0.2, 0) is 4.79 Å². The van der Waals surface area contributed by atoms with Crippen molar-refractivity contribution >= 4 is 41.6 Å². The fourth-order valence-corrected chi connectivity index (χ4v) is 5.15. The van der Waals surface area contributed by atoms with Gasteiger partial charge in [-0.3, -0.25) is 9.69 Å². The second-order valence-electron chi connectivity index (χ2n) is 8.01. The number of nitrogens with two attached hydrogens (primary N) is 2. The Bertz CT molecular complexity index is 856. The molecular formula is C20H28ClFN6OS. The first kappa shape index (κ1) is 22.7. The number of allylic oxidation sites excluding steroid dienone is 1.